The molecule has 0 saturated carbocycles. The third kappa shape index (κ3) is 2.96. The first-order valence-corrected chi connectivity index (χ1v) is 6.35. The average molecular weight is 284 g/mol. The fourth-order valence-corrected chi connectivity index (χ4v) is 2.38. The summed E-state index contributed by atoms with van der Waals surface area (Å²) in [5.74, 6) is 0. The average Bonchev–Trinajstić information content (AvgIpc) is 2.73. The van der Waals surface area contributed by atoms with Crippen LogP contribution in [0.2, 0.25) is 5.02 Å². The number of anilines is 1. The number of benzene rings is 1. The van der Waals surface area contributed by atoms with Gasteiger partial charge in [0, 0.05) is 22.2 Å². The lowest BCUT2D eigenvalue weighted by Crippen LogP contribution is -2.01. The number of nitro benzene ring substituents is 1. The highest BCUT2D eigenvalue weighted by Crippen LogP contribution is 2.28. The van der Waals surface area contributed by atoms with Crippen LogP contribution in [-0.2, 0) is 6.54 Å². The number of aryl methyl sites for hydroxylation is 1. The Kier molecular flexibility index (Phi) is 3.78. The van der Waals surface area contributed by atoms with E-state index >= 15 is 0 Å². The van der Waals surface area contributed by atoms with Crippen LogP contribution in [0.1, 0.15) is 9.88 Å². The number of hydrogen-bond donors (Lipinski definition) is 1. The lowest BCUT2D eigenvalue weighted by Gasteiger charge is -2.05. The van der Waals surface area contributed by atoms with Gasteiger partial charge in [-0.05, 0) is 19.1 Å². The Morgan fingerprint density at radius 1 is 1.56 bits per heavy atom. The van der Waals surface area contributed by atoms with Gasteiger partial charge >= 0.3 is 0 Å². The normalized spacial score (nSPS) is 10.3. The van der Waals surface area contributed by atoms with Crippen molar-refractivity contribution in [2.45, 2.75) is 13.5 Å². The van der Waals surface area contributed by atoms with Gasteiger partial charge in [0.2, 0.25) is 0 Å². The molecule has 18 heavy (non-hydrogen) atoms. The van der Waals surface area contributed by atoms with Crippen LogP contribution in [0.25, 0.3) is 0 Å². The van der Waals surface area contributed by atoms with Crippen LogP contribution in [0.3, 0.4) is 0 Å². The summed E-state index contributed by atoms with van der Waals surface area (Å²) in [6.07, 6.45) is 1.76. The Bertz CT molecular complexity index is 585. The molecule has 0 radical (unpaired) electrons. The van der Waals surface area contributed by atoms with Crippen LogP contribution in [0.15, 0.2) is 24.4 Å². The number of nitro groups is 1. The second-order valence-electron chi connectivity index (χ2n) is 3.62. The van der Waals surface area contributed by atoms with Gasteiger partial charge in [0.15, 0.2) is 0 Å². The van der Waals surface area contributed by atoms with E-state index in [0.29, 0.717) is 17.3 Å². The van der Waals surface area contributed by atoms with Crippen molar-refractivity contribution in [3.8, 4) is 0 Å². The molecule has 1 N–H and O–H groups in total. The van der Waals surface area contributed by atoms with E-state index < -0.39 is 4.92 Å². The van der Waals surface area contributed by atoms with Crippen molar-refractivity contribution in [1.29, 1.82) is 0 Å². The standard InChI is InChI=1S/C11H10ClN3O2S/c1-7-13-5-9(18-7)6-14-10-3-2-8(12)4-11(10)15(16)17/h2-5,14H,6H2,1H3. The minimum Gasteiger partial charge on any atom is -0.375 e. The molecule has 1 aromatic heterocycles. The third-order valence-corrected chi connectivity index (χ3v) is 3.43. The third-order valence-electron chi connectivity index (χ3n) is 2.28. The van der Waals surface area contributed by atoms with Crippen molar-refractivity contribution in [2.75, 3.05) is 5.32 Å². The minimum atomic E-state index is -0.452. The van der Waals surface area contributed by atoms with Gasteiger partial charge in [0.25, 0.3) is 5.69 Å². The number of nitrogens with one attached hydrogen (secondary N) is 1. The summed E-state index contributed by atoms with van der Waals surface area (Å²) in [6.45, 7) is 2.42. The van der Waals surface area contributed by atoms with Crippen molar-refractivity contribution >= 4 is 34.3 Å². The van der Waals surface area contributed by atoms with Gasteiger partial charge in [0.05, 0.1) is 16.5 Å². The van der Waals surface area contributed by atoms with Gasteiger partial charge in [-0.2, -0.15) is 0 Å². The summed E-state index contributed by atoms with van der Waals surface area (Å²) in [7, 11) is 0. The highest BCUT2D eigenvalue weighted by molar-refractivity contribution is 7.11. The number of halogens is 1. The molecule has 2 rings (SSSR count). The monoisotopic (exact) mass is 283 g/mol. The van der Waals surface area contributed by atoms with Gasteiger partial charge in [-0.25, -0.2) is 4.98 Å². The topological polar surface area (TPSA) is 68.1 Å². The van der Waals surface area contributed by atoms with Gasteiger partial charge in [0.1, 0.15) is 5.69 Å². The molecule has 5 nitrogen and oxygen atoms in total. The van der Waals surface area contributed by atoms with Crippen molar-refractivity contribution < 1.29 is 4.92 Å². The number of rotatable bonds is 4. The zero-order valence-corrected chi connectivity index (χ0v) is 11.1. The molecule has 0 amide bonds. The quantitative estimate of drug-likeness (QED) is 0.687. The number of thiazole rings is 1. The van der Waals surface area contributed by atoms with Gasteiger partial charge in [-0.3, -0.25) is 10.1 Å². The maximum atomic E-state index is 10.9. The molecule has 0 fully saturated rings. The zero-order chi connectivity index (χ0) is 13.1. The van der Waals surface area contributed by atoms with E-state index in [1.165, 1.54) is 6.07 Å². The van der Waals surface area contributed by atoms with Crippen LogP contribution in [-0.4, -0.2) is 9.91 Å². The van der Waals surface area contributed by atoms with Crippen LogP contribution in [0, 0.1) is 17.0 Å². The Morgan fingerprint density at radius 2 is 2.33 bits per heavy atom. The maximum Gasteiger partial charge on any atom is 0.293 e. The molecule has 0 aliphatic heterocycles. The van der Waals surface area contributed by atoms with Crippen molar-refractivity contribution in [3.05, 3.63) is 49.4 Å². The molecule has 0 aliphatic carbocycles. The number of nitrogens with zero attached hydrogens (tertiary/aromatic N) is 2. The van der Waals surface area contributed by atoms with Crippen molar-refractivity contribution in [2.24, 2.45) is 0 Å². The summed E-state index contributed by atoms with van der Waals surface area (Å²) in [5, 5.41) is 15.2. The molecule has 0 saturated heterocycles. The smallest absolute Gasteiger partial charge is 0.293 e. The zero-order valence-electron chi connectivity index (χ0n) is 9.51. The molecule has 1 heterocycles. The van der Waals surface area contributed by atoms with E-state index in [-0.39, 0.29) is 5.69 Å². The first kappa shape index (κ1) is 12.8. The summed E-state index contributed by atoms with van der Waals surface area (Å²) in [5.41, 5.74) is 0.430. The second-order valence-corrected chi connectivity index (χ2v) is 5.37. The van der Waals surface area contributed by atoms with Gasteiger partial charge < -0.3 is 5.32 Å². The second kappa shape index (κ2) is 5.32. The fraction of sp³-hybridized carbons (Fsp3) is 0.182. The van der Waals surface area contributed by atoms with E-state index in [4.69, 9.17) is 11.6 Å². The fourth-order valence-electron chi connectivity index (χ4n) is 1.47. The van der Waals surface area contributed by atoms with Crippen LogP contribution in [0.4, 0.5) is 11.4 Å². The summed E-state index contributed by atoms with van der Waals surface area (Å²) >= 11 is 7.30. The molecule has 2 aromatic rings. The Labute approximate surface area is 113 Å². The lowest BCUT2D eigenvalue weighted by molar-refractivity contribution is -0.383. The minimum absolute atomic E-state index is 0.0243. The lowest BCUT2D eigenvalue weighted by atomic mass is 10.2. The Balaban J connectivity index is 2.16. The molecule has 0 aliphatic rings. The molecule has 7 heteroatoms. The van der Waals surface area contributed by atoms with E-state index in [1.54, 1.807) is 29.7 Å². The van der Waals surface area contributed by atoms with Gasteiger partial charge in [-0.1, -0.05) is 11.6 Å². The highest BCUT2D eigenvalue weighted by atomic mass is 35.5. The number of hydrogen-bond acceptors (Lipinski definition) is 5. The predicted octanol–water partition coefficient (Wildman–Crippen LogP) is 3.63. The molecular formula is C11H10ClN3O2S. The Hall–Kier alpha value is -1.66. The van der Waals surface area contributed by atoms with E-state index in [0.717, 1.165) is 9.88 Å². The van der Waals surface area contributed by atoms with Crippen molar-refractivity contribution in [1.82, 2.24) is 4.98 Å². The molecule has 0 spiro atoms. The highest BCUT2D eigenvalue weighted by Gasteiger charge is 2.14. The van der Waals surface area contributed by atoms with Crippen LogP contribution < -0.4 is 5.32 Å². The molecule has 0 unspecified atom stereocenters. The molecule has 0 bridgehead atoms. The Morgan fingerprint density at radius 3 is 2.94 bits per heavy atom. The number of aromatic nitrogens is 1. The molecular weight excluding hydrogens is 274 g/mol. The first-order chi connectivity index (χ1) is 8.56. The molecule has 1 aromatic carbocycles. The van der Waals surface area contributed by atoms with E-state index in [1.807, 2.05) is 6.92 Å². The summed E-state index contributed by atoms with van der Waals surface area (Å²) in [6, 6.07) is 4.56. The van der Waals surface area contributed by atoms with Crippen LogP contribution in [0.5, 0.6) is 0 Å². The SMILES string of the molecule is Cc1ncc(CNc2ccc(Cl)cc2[N+](=O)[O-])s1. The van der Waals surface area contributed by atoms with Crippen molar-refractivity contribution in [3.63, 3.8) is 0 Å². The largest absolute Gasteiger partial charge is 0.375 e. The van der Waals surface area contributed by atoms with Crippen LogP contribution >= 0.6 is 22.9 Å². The maximum absolute atomic E-state index is 10.9. The first-order valence-electron chi connectivity index (χ1n) is 5.15. The van der Waals surface area contributed by atoms with Gasteiger partial charge in [-0.15, -0.1) is 11.3 Å². The predicted molar refractivity (Wildman–Crippen MR) is 72.3 cm³/mol. The molecule has 94 valence electrons. The summed E-state index contributed by atoms with van der Waals surface area (Å²) < 4.78 is 0. The summed E-state index contributed by atoms with van der Waals surface area (Å²) in [4.78, 5) is 15.6. The van der Waals surface area contributed by atoms with E-state index in [9.17, 15) is 10.1 Å². The molecule has 0 atom stereocenters. The van der Waals surface area contributed by atoms with E-state index in [2.05, 4.69) is 10.3 Å².